The number of phosphoric acid groups is 1. The van der Waals surface area contributed by atoms with E-state index in [1.54, 1.807) is 0 Å². The van der Waals surface area contributed by atoms with Gasteiger partial charge in [0.1, 0.15) is 19.3 Å². The summed E-state index contributed by atoms with van der Waals surface area (Å²) in [6, 6.07) is -0.841. The average molecular weight is 1140 g/mol. The van der Waals surface area contributed by atoms with Gasteiger partial charge in [0.05, 0.1) is 33.8 Å². The second-order valence-electron chi connectivity index (χ2n) is 25.1. The number of ether oxygens (including phenoxy) is 1. The number of likely N-dealkylation sites (N-methyl/N-ethyl adjacent to an activating group) is 1. The fraction of sp³-hybridized carbons (Fsp3) is 0.913. The maximum Gasteiger partial charge on any atom is 0.472 e. The molecule has 0 spiro atoms. The van der Waals surface area contributed by atoms with Gasteiger partial charge in [-0.25, -0.2) is 4.57 Å². The summed E-state index contributed by atoms with van der Waals surface area (Å²) >= 11 is 0. The zero-order valence-electron chi connectivity index (χ0n) is 53.6. The Kier molecular flexibility index (Phi) is 58.5. The van der Waals surface area contributed by atoms with E-state index in [-0.39, 0.29) is 25.1 Å². The van der Waals surface area contributed by atoms with Crippen LogP contribution in [0.5, 0.6) is 0 Å². The van der Waals surface area contributed by atoms with E-state index in [0.29, 0.717) is 23.9 Å². The summed E-state index contributed by atoms with van der Waals surface area (Å²) in [6.45, 7) is 7.06. The summed E-state index contributed by atoms with van der Waals surface area (Å²) in [5.41, 5.74) is 0. The number of hydrogen-bond donors (Lipinski definition) is 2. The predicted octanol–water partition coefficient (Wildman–Crippen LogP) is 21.7. The molecular formula is C69H136N2O7P+. The molecule has 0 radical (unpaired) electrons. The highest BCUT2D eigenvalue weighted by molar-refractivity contribution is 7.47. The van der Waals surface area contributed by atoms with Crippen molar-refractivity contribution in [1.82, 2.24) is 5.32 Å². The van der Waals surface area contributed by atoms with Crippen molar-refractivity contribution in [2.75, 3.05) is 40.9 Å². The number of nitrogens with zero attached hydrogens (tertiary/aromatic N) is 1. The lowest BCUT2D eigenvalue weighted by molar-refractivity contribution is -0.870. The Bertz CT molecular complexity index is 1400. The minimum absolute atomic E-state index is 0.0447. The summed E-state index contributed by atoms with van der Waals surface area (Å²) in [5, 5.41) is 3.07. The zero-order valence-corrected chi connectivity index (χ0v) is 54.5. The molecule has 3 unspecified atom stereocenters. The van der Waals surface area contributed by atoms with Crippen LogP contribution in [0.15, 0.2) is 24.3 Å². The van der Waals surface area contributed by atoms with E-state index in [9.17, 15) is 19.0 Å². The van der Waals surface area contributed by atoms with Crippen LogP contribution in [0.2, 0.25) is 0 Å². The predicted molar refractivity (Wildman–Crippen MR) is 342 cm³/mol. The Labute approximate surface area is 492 Å². The van der Waals surface area contributed by atoms with Gasteiger partial charge in [-0.1, -0.05) is 309 Å². The second kappa shape index (κ2) is 59.6. The molecule has 0 aliphatic carbocycles. The van der Waals surface area contributed by atoms with Crippen LogP contribution in [0.1, 0.15) is 355 Å². The van der Waals surface area contributed by atoms with E-state index in [0.717, 1.165) is 57.8 Å². The molecule has 10 heteroatoms. The molecule has 3 atom stereocenters. The van der Waals surface area contributed by atoms with Crippen molar-refractivity contribution in [2.45, 2.75) is 367 Å². The van der Waals surface area contributed by atoms with Crippen molar-refractivity contribution in [2.24, 2.45) is 0 Å². The van der Waals surface area contributed by atoms with Gasteiger partial charge in [0.2, 0.25) is 5.91 Å². The molecule has 0 aromatic carbocycles. The fourth-order valence-electron chi connectivity index (χ4n) is 10.5. The topological polar surface area (TPSA) is 111 Å². The number of rotatable bonds is 64. The molecule has 0 fully saturated rings. The SMILES string of the molecule is CCCCCCCC/C=C/CCCCCCCCCCCCCCCCCCCC(=O)NC(COP(=O)(O)OCC[N+](C)(C)C)C(/C=C\CCCCCCCCCCCC)OC(=O)CCCCCCCCCCCCCCCC. The van der Waals surface area contributed by atoms with Crippen molar-refractivity contribution in [3.8, 4) is 0 Å². The fourth-order valence-corrected chi connectivity index (χ4v) is 11.3. The molecule has 0 bridgehead atoms. The minimum atomic E-state index is -4.44. The first-order valence-corrected chi connectivity index (χ1v) is 36.2. The summed E-state index contributed by atoms with van der Waals surface area (Å²) < 4.78 is 30.8. The maximum absolute atomic E-state index is 13.6. The molecule has 2 N–H and O–H groups in total. The molecule has 0 aromatic rings. The Morgan fingerprint density at radius 2 is 0.734 bits per heavy atom. The van der Waals surface area contributed by atoms with Gasteiger partial charge >= 0.3 is 13.8 Å². The second-order valence-corrected chi connectivity index (χ2v) is 26.5. The highest BCUT2D eigenvalue weighted by atomic mass is 31.2. The van der Waals surface area contributed by atoms with E-state index in [1.165, 1.54) is 263 Å². The molecule has 0 aliphatic heterocycles. The number of phosphoric ester groups is 1. The molecule has 0 heterocycles. The molecular weight excluding hydrogens is 1000 g/mol. The lowest BCUT2D eigenvalue weighted by Crippen LogP contribution is -2.47. The Balaban J connectivity index is 4.95. The molecule has 0 aliphatic rings. The minimum Gasteiger partial charge on any atom is -0.456 e. The van der Waals surface area contributed by atoms with E-state index >= 15 is 0 Å². The van der Waals surface area contributed by atoms with Crippen LogP contribution in [0.25, 0.3) is 0 Å². The standard InChI is InChI=1S/C69H135N2O7P/c1-7-10-13-16-19-22-25-28-30-31-32-33-34-35-36-37-38-39-40-41-42-43-46-49-52-55-58-61-68(72)70-66(65-77-79(74,75)76-64-63-71(4,5)6)67(60-57-54-51-48-45-27-24-21-18-15-12-9-3)78-69(73)62-59-56-53-50-47-44-29-26-23-20-17-14-11-8-2/h28,30,57,60,66-67H,7-27,29,31-56,58-59,61-65H2,1-6H3,(H-,70,72,74,75)/p+1/b30-28+,60-57-. The Morgan fingerprint density at radius 3 is 1.08 bits per heavy atom. The van der Waals surface area contributed by atoms with Crippen LogP contribution >= 0.6 is 7.82 Å². The van der Waals surface area contributed by atoms with E-state index in [1.807, 2.05) is 33.3 Å². The third-order valence-electron chi connectivity index (χ3n) is 15.9. The van der Waals surface area contributed by atoms with Gasteiger partial charge in [-0.2, -0.15) is 0 Å². The number of unbranched alkanes of at least 4 members (excludes halogenated alkanes) is 46. The number of carbonyl (C=O) groups excluding carboxylic acids is 2. The third kappa shape index (κ3) is 60.9. The van der Waals surface area contributed by atoms with Crippen LogP contribution in [0, 0.1) is 0 Å². The Morgan fingerprint density at radius 1 is 0.430 bits per heavy atom. The highest BCUT2D eigenvalue weighted by Crippen LogP contribution is 2.43. The maximum atomic E-state index is 13.6. The van der Waals surface area contributed by atoms with Crippen LogP contribution in [-0.2, 0) is 27.9 Å². The van der Waals surface area contributed by atoms with Gasteiger partial charge in [0, 0.05) is 12.8 Å². The van der Waals surface area contributed by atoms with Crippen molar-refractivity contribution in [3.63, 3.8) is 0 Å². The lowest BCUT2D eigenvalue weighted by atomic mass is 10.0. The van der Waals surface area contributed by atoms with Crippen molar-refractivity contribution < 1.29 is 37.3 Å². The van der Waals surface area contributed by atoms with Gasteiger partial charge < -0.3 is 19.4 Å². The van der Waals surface area contributed by atoms with Crippen LogP contribution in [0.4, 0.5) is 0 Å². The third-order valence-corrected chi connectivity index (χ3v) is 16.9. The molecule has 9 nitrogen and oxygen atoms in total. The first-order valence-electron chi connectivity index (χ1n) is 34.7. The molecule has 0 saturated heterocycles. The monoisotopic (exact) mass is 1140 g/mol. The number of nitrogens with one attached hydrogen (secondary N) is 1. The van der Waals surface area contributed by atoms with E-state index in [2.05, 4.69) is 38.2 Å². The zero-order chi connectivity index (χ0) is 57.9. The van der Waals surface area contributed by atoms with E-state index in [4.69, 9.17) is 13.8 Å². The number of hydrogen-bond acceptors (Lipinski definition) is 6. The summed E-state index contributed by atoms with van der Waals surface area (Å²) in [5.74, 6) is -0.483. The van der Waals surface area contributed by atoms with Gasteiger partial charge in [-0.15, -0.1) is 0 Å². The lowest BCUT2D eigenvalue weighted by Gasteiger charge is -2.27. The Hall–Kier alpha value is -1.51. The number of esters is 1. The van der Waals surface area contributed by atoms with Gasteiger partial charge in [0.15, 0.2) is 0 Å². The normalized spacial score (nSPS) is 13.7. The van der Waals surface area contributed by atoms with Gasteiger partial charge in [-0.05, 0) is 57.4 Å². The average Bonchev–Trinajstić information content (AvgIpc) is 3.41. The number of quaternary nitrogens is 1. The smallest absolute Gasteiger partial charge is 0.456 e. The van der Waals surface area contributed by atoms with Crippen LogP contribution < -0.4 is 5.32 Å². The first kappa shape index (κ1) is 77.5. The van der Waals surface area contributed by atoms with Gasteiger partial charge in [-0.3, -0.25) is 18.6 Å². The molecule has 0 aromatic heterocycles. The number of carbonyl (C=O) groups is 2. The van der Waals surface area contributed by atoms with E-state index < -0.39 is 20.0 Å². The van der Waals surface area contributed by atoms with Gasteiger partial charge in [0.25, 0.3) is 0 Å². The molecule has 468 valence electrons. The quantitative estimate of drug-likeness (QED) is 0.0205. The van der Waals surface area contributed by atoms with Crippen molar-refractivity contribution in [1.29, 1.82) is 0 Å². The molecule has 79 heavy (non-hydrogen) atoms. The van der Waals surface area contributed by atoms with Crippen LogP contribution in [-0.4, -0.2) is 74.3 Å². The highest BCUT2D eigenvalue weighted by Gasteiger charge is 2.30. The summed E-state index contributed by atoms with van der Waals surface area (Å²) in [6.07, 6.45) is 71.9. The first-order chi connectivity index (χ1) is 38.4. The number of amides is 1. The number of allylic oxidation sites excluding steroid dienone is 3. The molecule has 1 amide bonds. The summed E-state index contributed by atoms with van der Waals surface area (Å²) in [4.78, 5) is 37.8. The van der Waals surface area contributed by atoms with Crippen molar-refractivity contribution >= 4 is 19.7 Å². The molecule has 0 rings (SSSR count). The summed E-state index contributed by atoms with van der Waals surface area (Å²) in [7, 11) is 1.52. The molecule has 0 saturated carbocycles. The largest absolute Gasteiger partial charge is 0.472 e. The van der Waals surface area contributed by atoms with Crippen molar-refractivity contribution in [3.05, 3.63) is 24.3 Å². The van der Waals surface area contributed by atoms with Crippen LogP contribution in [0.3, 0.4) is 0 Å².